The van der Waals surface area contributed by atoms with Crippen molar-refractivity contribution in [1.29, 1.82) is 0 Å². The van der Waals surface area contributed by atoms with Gasteiger partial charge in [0.25, 0.3) is 0 Å². The van der Waals surface area contributed by atoms with Crippen molar-refractivity contribution in [1.82, 2.24) is 9.80 Å². The van der Waals surface area contributed by atoms with E-state index < -0.39 is 0 Å². The molecule has 1 aromatic carbocycles. The average Bonchev–Trinajstić information content (AvgIpc) is 2.80. The lowest BCUT2D eigenvalue weighted by Gasteiger charge is -2.27. The Morgan fingerprint density at radius 1 is 1.24 bits per heavy atom. The standard InChI is InChI=1S/C18H30N2O/c1-13-9-14(2)18(12-21)15(3)17(13)11-19(4)10-16-7-6-8-20(16)5/h9,16,21H,6-8,10-12H2,1-5H3/t16-/m0/s1. The highest BCUT2D eigenvalue weighted by atomic mass is 16.3. The predicted molar refractivity (Wildman–Crippen MR) is 88.6 cm³/mol. The van der Waals surface area contributed by atoms with Crippen molar-refractivity contribution in [2.75, 3.05) is 27.2 Å². The number of rotatable bonds is 5. The van der Waals surface area contributed by atoms with Crippen LogP contribution in [0.1, 0.15) is 40.7 Å². The summed E-state index contributed by atoms with van der Waals surface area (Å²) in [5.41, 5.74) is 6.29. The van der Waals surface area contributed by atoms with E-state index in [1.807, 2.05) is 0 Å². The van der Waals surface area contributed by atoms with Crippen LogP contribution in [0, 0.1) is 20.8 Å². The zero-order valence-electron chi connectivity index (χ0n) is 14.2. The molecule has 0 saturated carbocycles. The van der Waals surface area contributed by atoms with Gasteiger partial charge < -0.3 is 14.9 Å². The largest absolute Gasteiger partial charge is 0.392 e. The van der Waals surface area contributed by atoms with Gasteiger partial charge in [0.05, 0.1) is 6.61 Å². The molecular weight excluding hydrogens is 260 g/mol. The molecule has 1 aliphatic heterocycles. The monoisotopic (exact) mass is 290 g/mol. The van der Waals surface area contributed by atoms with E-state index in [9.17, 15) is 5.11 Å². The Hall–Kier alpha value is -0.900. The summed E-state index contributed by atoms with van der Waals surface area (Å²) < 4.78 is 0. The summed E-state index contributed by atoms with van der Waals surface area (Å²) in [5.74, 6) is 0. The molecule has 1 fully saturated rings. The Kier molecular flexibility index (Phi) is 5.42. The van der Waals surface area contributed by atoms with Gasteiger partial charge in [0, 0.05) is 19.1 Å². The summed E-state index contributed by atoms with van der Waals surface area (Å²) in [6, 6.07) is 2.90. The molecule has 21 heavy (non-hydrogen) atoms. The van der Waals surface area contributed by atoms with Gasteiger partial charge in [-0.3, -0.25) is 0 Å². The van der Waals surface area contributed by atoms with Crippen molar-refractivity contribution in [3.05, 3.63) is 33.9 Å². The Morgan fingerprint density at radius 3 is 2.48 bits per heavy atom. The van der Waals surface area contributed by atoms with Crippen LogP contribution in [0.15, 0.2) is 6.07 Å². The molecule has 0 unspecified atom stereocenters. The molecule has 3 heteroatoms. The molecule has 0 amide bonds. The summed E-state index contributed by atoms with van der Waals surface area (Å²) in [6.45, 7) is 9.89. The highest BCUT2D eigenvalue weighted by molar-refractivity contribution is 5.44. The lowest BCUT2D eigenvalue weighted by molar-refractivity contribution is 0.215. The van der Waals surface area contributed by atoms with Crippen molar-refractivity contribution < 1.29 is 5.11 Å². The minimum absolute atomic E-state index is 0.139. The molecule has 1 N–H and O–H groups in total. The summed E-state index contributed by atoms with van der Waals surface area (Å²) >= 11 is 0. The molecule has 3 nitrogen and oxygen atoms in total. The second-order valence-corrected chi connectivity index (χ2v) is 6.72. The summed E-state index contributed by atoms with van der Waals surface area (Å²) in [7, 11) is 4.45. The van der Waals surface area contributed by atoms with Gasteiger partial charge in [0.1, 0.15) is 0 Å². The minimum Gasteiger partial charge on any atom is -0.392 e. The molecule has 0 bridgehead atoms. The maximum absolute atomic E-state index is 9.59. The first-order valence-corrected chi connectivity index (χ1v) is 8.02. The maximum Gasteiger partial charge on any atom is 0.0687 e. The number of benzene rings is 1. The number of hydrogen-bond acceptors (Lipinski definition) is 3. The summed E-state index contributed by atoms with van der Waals surface area (Å²) in [5, 5.41) is 9.59. The first-order valence-electron chi connectivity index (χ1n) is 8.02. The quantitative estimate of drug-likeness (QED) is 0.903. The molecule has 1 heterocycles. The highest BCUT2D eigenvalue weighted by Gasteiger charge is 2.22. The number of hydrogen-bond donors (Lipinski definition) is 1. The fraction of sp³-hybridized carbons (Fsp3) is 0.667. The zero-order chi connectivity index (χ0) is 15.6. The second-order valence-electron chi connectivity index (χ2n) is 6.72. The van der Waals surface area contributed by atoms with Crippen LogP contribution in [0.4, 0.5) is 0 Å². The molecule has 2 rings (SSSR count). The smallest absolute Gasteiger partial charge is 0.0687 e. The summed E-state index contributed by atoms with van der Waals surface area (Å²) in [4.78, 5) is 4.91. The minimum atomic E-state index is 0.139. The van der Waals surface area contributed by atoms with Crippen molar-refractivity contribution in [2.24, 2.45) is 0 Å². The van der Waals surface area contributed by atoms with Crippen molar-refractivity contribution >= 4 is 0 Å². The van der Waals surface area contributed by atoms with E-state index in [4.69, 9.17) is 0 Å². The SMILES string of the molecule is Cc1cc(C)c(CN(C)C[C@@H]2CCCN2C)c(C)c1CO. The van der Waals surface area contributed by atoms with Gasteiger partial charge in [0.2, 0.25) is 0 Å². The van der Waals surface area contributed by atoms with E-state index in [-0.39, 0.29) is 6.61 Å². The number of aryl methyl sites for hydroxylation is 2. The topological polar surface area (TPSA) is 26.7 Å². The van der Waals surface area contributed by atoms with Crippen molar-refractivity contribution in [3.8, 4) is 0 Å². The lowest BCUT2D eigenvalue weighted by atomic mass is 9.93. The molecule has 118 valence electrons. The zero-order valence-corrected chi connectivity index (χ0v) is 14.2. The third kappa shape index (κ3) is 3.65. The van der Waals surface area contributed by atoms with Gasteiger partial charge in [0.15, 0.2) is 0 Å². The van der Waals surface area contributed by atoms with Crippen LogP contribution in [0.2, 0.25) is 0 Å². The Balaban J connectivity index is 2.11. The van der Waals surface area contributed by atoms with Crippen molar-refractivity contribution in [2.45, 2.75) is 52.8 Å². The lowest BCUT2D eigenvalue weighted by Crippen LogP contribution is -2.36. The van der Waals surface area contributed by atoms with Crippen LogP contribution in [-0.4, -0.2) is 48.1 Å². The van der Waals surface area contributed by atoms with Gasteiger partial charge in [-0.25, -0.2) is 0 Å². The fourth-order valence-corrected chi connectivity index (χ4v) is 3.66. The average molecular weight is 290 g/mol. The maximum atomic E-state index is 9.59. The molecule has 1 aliphatic rings. The predicted octanol–water partition coefficient (Wildman–Crippen LogP) is 2.63. The number of likely N-dealkylation sites (N-methyl/N-ethyl adjacent to an activating group) is 2. The molecular formula is C18H30N2O. The van der Waals surface area contributed by atoms with Gasteiger partial charge in [-0.2, -0.15) is 0 Å². The molecule has 1 atom stereocenters. The van der Waals surface area contributed by atoms with E-state index in [1.54, 1.807) is 0 Å². The van der Waals surface area contributed by atoms with Gasteiger partial charge in [-0.15, -0.1) is 0 Å². The summed E-state index contributed by atoms with van der Waals surface area (Å²) in [6.07, 6.45) is 2.64. The van der Waals surface area contributed by atoms with E-state index >= 15 is 0 Å². The Labute approximate surface area is 129 Å². The van der Waals surface area contributed by atoms with Crippen LogP contribution in [0.5, 0.6) is 0 Å². The first kappa shape index (κ1) is 16.5. The fourth-order valence-electron chi connectivity index (χ4n) is 3.66. The molecule has 0 radical (unpaired) electrons. The van der Waals surface area contributed by atoms with Gasteiger partial charge in [-0.1, -0.05) is 6.07 Å². The first-order chi connectivity index (χ1) is 9.93. The molecule has 1 saturated heterocycles. The number of aliphatic hydroxyl groups is 1. The Bertz CT molecular complexity index is 498. The van der Waals surface area contributed by atoms with Crippen LogP contribution in [-0.2, 0) is 13.2 Å². The van der Waals surface area contributed by atoms with Crippen LogP contribution in [0.25, 0.3) is 0 Å². The highest BCUT2D eigenvalue weighted by Crippen LogP contribution is 2.24. The molecule has 0 spiro atoms. The van der Waals surface area contributed by atoms with Gasteiger partial charge >= 0.3 is 0 Å². The normalized spacial score (nSPS) is 19.7. The molecule has 1 aromatic rings. The van der Waals surface area contributed by atoms with E-state index in [0.717, 1.165) is 18.7 Å². The van der Waals surface area contributed by atoms with Crippen molar-refractivity contribution in [3.63, 3.8) is 0 Å². The third-order valence-electron chi connectivity index (χ3n) is 5.07. The number of likely N-dealkylation sites (tertiary alicyclic amines) is 1. The van der Waals surface area contributed by atoms with Gasteiger partial charge in [-0.05, 0) is 82.1 Å². The van der Waals surface area contributed by atoms with Crippen LogP contribution in [0.3, 0.4) is 0 Å². The van der Waals surface area contributed by atoms with E-state index in [0.29, 0.717) is 6.04 Å². The third-order valence-corrected chi connectivity index (χ3v) is 5.07. The molecule has 0 aliphatic carbocycles. The number of aliphatic hydroxyl groups excluding tert-OH is 1. The number of nitrogens with zero attached hydrogens (tertiary/aromatic N) is 2. The molecule has 0 aromatic heterocycles. The second kappa shape index (κ2) is 6.91. The van der Waals surface area contributed by atoms with Crippen LogP contribution >= 0.6 is 0 Å². The van der Waals surface area contributed by atoms with E-state index in [1.165, 1.54) is 41.6 Å². The van der Waals surface area contributed by atoms with E-state index in [2.05, 4.69) is 50.7 Å². The van der Waals surface area contributed by atoms with Crippen LogP contribution < -0.4 is 0 Å². The Morgan fingerprint density at radius 2 is 1.90 bits per heavy atom.